The van der Waals surface area contributed by atoms with Gasteiger partial charge in [0.2, 0.25) is 0 Å². The zero-order valence-electron chi connectivity index (χ0n) is 18.5. The zero-order valence-corrected chi connectivity index (χ0v) is 20.1. The first-order chi connectivity index (χ1) is 15.3. The summed E-state index contributed by atoms with van der Waals surface area (Å²) < 4.78 is 7.02. The van der Waals surface area contributed by atoms with Gasteiger partial charge < -0.3 is 14.7 Å². The van der Waals surface area contributed by atoms with Crippen molar-refractivity contribution in [3.05, 3.63) is 31.9 Å². The van der Waals surface area contributed by atoms with E-state index >= 15 is 0 Å². The third-order valence-electron chi connectivity index (χ3n) is 5.72. The third kappa shape index (κ3) is 4.74. The summed E-state index contributed by atoms with van der Waals surface area (Å²) in [6.07, 6.45) is 1.75. The molecule has 2 saturated heterocycles. The molecule has 0 spiro atoms. The molecule has 1 aromatic heterocycles. The van der Waals surface area contributed by atoms with Gasteiger partial charge in [0.15, 0.2) is 0 Å². The van der Waals surface area contributed by atoms with Crippen molar-refractivity contribution in [2.75, 3.05) is 64.5 Å². The Bertz CT molecular complexity index is 1040. The van der Waals surface area contributed by atoms with Gasteiger partial charge in [-0.15, -0.1) is 0 Å². The predicted octanol–water partition coefficient (Wildman–Crippen LogP) is 0.527. The Morgan fingerprint density at radius 3 is 2.53 bits per heavy atom. The molecule has 1 aromatic rings. The Balaban J connectivity index is 2.06. The van der Waals surface area contributed by atoms with E-state index in [4.69, 9.17) is 17.0 Å². The average Bonchev–Trinajstić information content (AvgIpc) is 3.04. The highest BCUT2D eigenvalue weighted by atomic mass is 32.2. The first kappa shape index (κ1) is 24.4. The number of carbonyl (C=O) groups excluding carboxylic acids is 1. The molecular weight excluding hydrogens is 450 g/mol. The number of thiocarbonyl (C=S) groups is 1. The van der Waals surface area contributed by atoms with Crippen LogP contribution in [0.3, 0.4) is 0 Å². The molecule has 9 nitrogen and oxygen atoms in total. The Kier molecular flexibility index (Phi) is 8.08. The van der Waals surface area contributed by atoms with Crippen LogP contribution in [0.1, 0.15) is 16.7 Å². The van der Waals surface area contributed by atoms with Crippen LogP contribution in [-0.4, -0.2) is 89.3 Å². The number of anilines is 1. The molecular formula is C21H27N5O4S2. The molecule has 0 bridgehead atoms. The predicted molar refractivity (Wildman–Crippen MR) is 129 cm³/mol. The third-order valence-corrected chi connectivity index (χ3v) is 7.10. The SMILES string of the molecule is COCCN1C(=O)/C(=C\c2c(C)c(C#N)c(=O)n(C)c2N2CCN(CCO)CC2)SC1=S. The summed E-state index contributed by atoms with van der Waals surface area (Å²) in [5, 5.41) is 18.8. The monoisotopic (exact) mass is 477 g/mol. The highest BCUT2D eigenvalue weighted by Gasteiger charge is 2.33. The lowest BCUT2D eigenvalue weighted by Gasteiger charge is -2.37. The van der Waals surface area contributed by atoms with Gasteiger partial charge in [-0.05, 0) is 18.6 Å². The van der Waals surface area contributed by atoms with Gasteiger partial charge in [-0.3, -0.25) is 24.0 Å². The minimum atomic E-state index is -0.359. The summed E-state index contributed by atoms with van der Waals surface area (Å²) >= 11 is 6.59. The fourth-order valence-corrected chi connectivity index (χ4v) is 5.22. The number of aliphatic hydroxyl groups excluding tert-OH is 1. The van der Waals surface area contributed by atoms with E-state index in [-0.39, 0.29) is 23.6 Å². The van der Waals surface area contributed by atoms with E-state index in [0.29, 0.717) is 59.0 Å². The van der Waals surface area contributed by atoms with E-state index < -0.39 is 0 Å². The molecule has 32 heavy (non-hydrogen) atoms. The lowest BCUT2D eigenvalue weighted by atomic mass is 10.0. The number of nitrogens with zero attached hydrogens (tertiary/aromatic N) is 5. The number of carbonyl (C=O) groups is 1. The number of amides is 1. The highest BCUT2D eigenvalue weighted by molar-refractivity contribution is 8.26. The van der Waals surface area contributed by atoms with Crippen LogP contribution in [0, 0.1) is 18.3 Å². The molecule has 3 rings (SSSR count). The minimum Gasteiger partial charge on any atom is -0.395 e. The minimum absolute atomic E-state index is 0.0660. The van der Waals surface area contributed by atoms with Crippen molar-refractivity contribution >= 4 is 46.1 Å². The fourth-order valence-electron chi connectivity index (χ4n) is 3.93. The number of aromatic nitrogens is 1. The van der Waals surface area contributed by atoms with Crippen molar-refractivity contribution in [1.82, 2.24) is 14.4 Å². The van der Waals surface area contributed by atoms with Crippen LogP contribution in [0.2, 0.25) is 0 Å². The molecule has 0 radical (unpaired) electrons. The molecule has 0 saturated carbocycles. The maximum atomic E-state index is 13.0. The van der Waals surface area contributed by atoms with E-state index in [1.54, 1.807) is 27.2 Å². The van der Waals surface area contributed by atoms with Gasteiger partial charge in [0.1, 0.15) is 21.8 Å². The summed E-state index contributed by atoms with van der Waals surface area (Å²) in [5.74, 6) is 0.472. The quantitative estimate of drug-likeness (QED) is 0.445. The van der Waals surface area contributed by atoms with Crippen LogP contribution in [0.15, 0.2) is 9.70 Å². The first-order valence-corrected chi connectivity index (χ1v) is 11.5. The molecule has 1 amide bonds. The van der Waals surface area contributed by atoms with E-state index in [1.807, 2.05) is 6.07 Å². The van der Waals surface area contributed by atoms with E-state index in [0.717, 1.165) is 13.1 Å². The molecule has 3 heterocycles. The number of nitriles is 1. The second kappa shape index (κ2) is 10.6. The molecule has 0 atom stereocenters. The molecule has 0 unspecified atom stereocenters. The summed E-state index contributed by atoms with van der Waals surface area (Å²) in [7, 11) is 3.22. The first-order valence-electron chi connectivity index (χ1n) is 10.3. The number of aliphatic hydroxyl groups is 1. The molecule has 172 valence electrons. The Labute approximate surface area is 196 Å². The van der Waals surface area contributed by atoms with Crippen molar-refractivity contribution in [3.8, 4) is 6.07 Å². The van der Waals surface area contributed by atoms with Gasteiger partial charge in [0.25, 0.3) is 11.5 Å². The topological polar surface area (TPSA) is 102 Å². The van der Waals surface area contributed by atoms with Crippen molar-refractivity contribution < 1.29 is 14.6 Å². The number of ether oxygens (including phenoxy) is 1. The number of rotatable bonds is 7. The molecule has 2 aliphatic heterocycles. The van der Waals surface area contributed by atoms with E-state index in [2.05, 4.69) is 9.80 Å². The van der Waals surface area contributed by atoms with Crippen LogP contribution >= 0.6 is 24.0 Å². The van der Waals surface area contributed by atoms with Crippen LogP contribution in [0.5, 0.6) is 0 Å². The number of β-amino-alcohol motifs (C(OH)–C–C–N with tert-alkyl or cyclic N) is 1. The second-order valence-electron chi connectivity index (χ2n) is 7.59. The molecule has 2 fully saturated rings. The number of pyridine rings is 1. The van der Waals surface area contributed by atoms with Crippen molar-refractivity contribution in [2.24, 2.45) is 7.05 Å². The lowest BCUT2D eigenvalue weighted by molar-refractivity contribution is -0.122. The number of piperazine rings is 1. The van der Waals surface area contributed by atoms with Gasteiger partial charge >= 0.3 is 0 Å². The number of hydrogen-bond donors (Lipinski definition) is 1. The van der Waals surface area contributed by atoms with Crippen molar-refractivity contribution in [2.45, 2.75) is 6.92 Å². The molecule has 0 aromatic carbocycles. The summed E-state index contributed by atoms with van der Waals surface area (Å²) in [5.41, 5.74) is 0.927. The number of hydrogen-bond acceptors (Lipinski definition) is 9. The van der Waals surface area contributed by atoms with Gasteiger partial charge in [-0.1, -0.05) is 24.0 Å². The number of methoxy groups -OCH3 is 1. The van der Waals surface area contributed by atoms with Crippen molar-refractivity contribution in [1.29, 1.82) is 5.26 Å². The summed E-state index contributed by atoms with van der Waals surface area (Å²) in [4.78, 5) is 32.0. The average molecular weight is 478 g/mol. The van der Waals surface area contributed by atoms with Gasteiger partial charge in [0.05, 0.1) is 24.7 Å². The molecule has 1 N–H and O–H groups in total. The van der Waals surface area contributed by atoms with Gasteiger partial charge in [-0.25, -0.2) is 0 Å². The summed E-state index contributed by atoms with van der Waals surface area (Å²) in [6.45, 7) is 6.00. The molecule has 0 aliphatic carbocycles. The normalized spacial score (nSPS) is 18.7. The van der Waals surface area contributed by atoms with E-state index in [1.165, 1.54) is 21.2 Å². The van der Waals surface area contributed by atoms with Crippen LogP contribution in [0.25, 0.3) is 6.08 Å². The second-order valence-corrected chi connectivity index (χ2v) is 9.27. The summed E-state index contributed by atoms with van der Waals surface area (Å²) in [6, 6.07) is 2.02. The maximum absolute atomic E-state index is 13.0. The smallest absolute Gasteiger partial charge is 0.270 e. The van der Waals surface area contributed by atoms with Crippen LogP contribution in [0.4, 0.5) is 5.82 Å². The fraction of sp³-hybridized carbons (Fsp3) is 0.524. The highest BCUT2D eigenvalue weighted by Crippen LogP contribution is 2.35. The molecule has 11 heteroatoms. The zero-order chi connectivity index (χ0) is 23.4. The molecule has 2 aliphatic rings. The van der Waals surface area contributed by atoms with Crippen LogP contribution in [-0.2, 0) is 16.6 Å². The Morgan fingerprint density at radius 1 is 1.25 bits per heavy atom. The Morgan fingerprint density at radius 2 is 1.94 bits per heavy atom. The largest absolute Gasteiger partial charge is 0.395 e. The maximum Gasteiger partial charge on any atom is 0.270 e. The van der Waals surface area contributed by atoms with Gasteiger partial charge in [0, 0.05) is 52.4 Å². The Hall–Kier alpha value is -2.23. The lowest BCUT2D eigenvalue weighted by Crippen LogP contribution is -2.49. The van der Waals surface area contributed by atoms with Gasteiger partial charge in [-0.2, -0.15) is 5.26 Å². The van der Waals surface area contributed by atoms with E-state index in [9.17, 15) is 20.0 Å². The number of thioether (sulfide) groups is 1. The van der Waals surface area contributed by atoms with Crippen molar-refractivity contribution in [3.63, 3.8) is 0 Å². The standard InChI is InChI=1S/C21H27N5O4S2/c1-14-15(12-17-20(29)26(9-11-30-3)21(31)32-17)18(23(2)19(28)16(14)13-22)25-6-4-24(5-7-25)8-10-27/h12,27H,4-11H2,1-3H3/b17-12+. The van der Waals surface area contributed by atoms with Crippen LogP contribution < -0.4 is 10.5 Å².